The van der Waals surface area contributed by atoms with Crippen LogP contribution in [0.15, 0.2) is 48.7 Å². The van der Waals surface area contributed by atoms with Gasteiger partial charge >= 0.3 is 5.97 Å². The van der Waals surface area contributed by atoms with E-state index in [9.17, 15) is 9.90 Å². The molecule has 0 saturated heterocycles. The Labute approximate surface area is 139 Å². The van der Waals surface area contributed by atoms with Gasteiger partial charge in [0.1, 0.15) is 5.82 Å². The molecule has 0 unspecified atom stereocenters. The van der Waals surface area contributed by atoms with Crippen LogP contribution in [0.25, 0.3) is 17.1 Å². The maximum Gasteiger partial charge on any atom is 0.356 e. The van der Waals surface area contributed by atoms with Crippen LogP contribution in [0, 0.1) is 13.8 Å². The Morgan fingerprint density at radius 3 is 2.57 bits per heavy atom. The van der Waals surface area contributed by atoms with E-state index in [0.717, 1.165) is 22.4 Å². The zero-order chi connectivity index (χ0) is 16.6. The molecule has 0 aliphatic heterocycles. The average Bonchev–Trinajstić information content (AvgIpc) is 2.95. The van der Waals surface area contributed by atoms with E-state index in [1.54, 1.807) is 4.57 Å². The van der Waals surface area contributed by atoms with Crippen molar-refractivity contribution in [3.63, 3.8) is 0 Å². The molecule has 0 fully saturated rings. The average molecular weight is 327 g/mol. The van der Waals surface area contributed by atoms with Gasteiger partial charge in [-0.2, -0.15) is 0 Å². The molecule has 1 heterocycles. The molecule has 0 radical (unpaired) electrons. The molecule has 1 N–H and O–H groups in total. The van der Waals surface area contributed by atoms with E-state index in [4.69, 9.17) is 11.6 Å². The van der Waals surface area contributed by atoms with Crippen molar-refractivity contribution in [2.45, 2.75) is 13.8 Å². The van der Waals surface area contributed by atoms with Crippen molar-refractivity contribution in [3.05, 3.63) is 70.5 Å². The second-order valence-corrected chi connectivity index (χ2v) is 5.81. The lowest BCUT2D eigenvalue weighted by Crippen LogP contribution is -1.99. The summed E-state index contributed by atoms with van der Waals surface area (Å²) >= 11 is 6.12. The number of imidazole rings is 1. The van der Waals surface area contributed by atoms with Gasteiger partial charge < -0.3 is 5.11 Å². The molecule has 0 spiro atoms. The number of carbonyl (C=O) groups is 1. The summed E-state index contributed by atoms with van der Waals surface area (Å²) in [6.07, 6.45) is 1.53. The number of carboxylic acids is 1. The predicted octanol–water partition coefficient (Wildman–Crippen LogP) is 4.51. The Balaban J connectivity index is 2.30. The van der Waals surface area contributed by atoms with Gasteiger partial charge in [-0.15, -0.1) is 0 Å². The standard InChI is InChI=1S/C18H15ClN2O2/c1-11-5-3-4-6-14(11)17-20-15(18(22)23)10-21(17)16-9-13(19)8-7-12(16)2/h3-10H,1-2H3,(H,22,23). The summed E-state index contributed by atoms with van der Waals surface area (Å²) in [5, 5.41) is 9.90. The number of hydrogen-bond acceptors (Lipinski definition) is 2. The molecule has 3 rings (SSSR count). The van der Waals surface area contributed by atoms with Crippen molar-refractivity contribution in [2.24, 2.45) is 0 Å². The van der Waals surface area contributed by atoms with Crippen LogP contribution in [-0.2, 0) is 0 Å². The highest BCUT2D eigenvalue weighted by atomic mass is 35.5. The summed E-state index contributed by atoms with van der Waals surface area (Å²) in [4.78, 5) is 15.7. The summed E-state index contributed by atoms with van der Waals surface area (Å²) in [7, 11) is 0. The van der Waals surface area contributed by atoms with Gasteiger partial charge in [-0.25, -0.2) is 9.78 Å². The smallest absolute Gasteiger partial charge is 0.356 e. The van der Waals surface area contributed by atoms with Gasteiger partial charge in [0.05, 0.1) is 5.69 Å². The van der Waals surface area contributed by atoms with Gasteiger partial charge in [-0.05, 0) is 37.1 Å². The van der Waals surface area contributed by atoms with Crippen molar-refractivity contribution in [2.75, 3.05) is 0 Å². The first-order chi connectivity index (χ1) is 11.0. The molecular formula is C18H15ClN2O2. The predicted molar refractivity (Wildman–Crippen MR) is 90.4 cm³/mol. The molecule has 5 heteroatoms. The molecule has 0 amide bonds. The number of hydrogen-bond donors (Lipinski definition) is 1. The first-order valence-electron chi connectivity index (χ1n) is 7.12. The fourth-order valence-electron chi connectivity index (χ4n) is 2.52. The molecule has 116 valence electrons. The minimum atomic E-state index is -1.06. The maximum atomic E-state index is 11.4. The Bertz CT molecular complexity index is 900. The molecule has 4 nitrogen and oxygen atoms in total. The van der Waals surface area contributed by atoms with E-state index in [-0.39, 0.29) is 5.69 Å². The largest absolute Gasteiger partial charge is 0.476 e. The van der Waals surface area contributed by atoms with Crippen LogP contribution in [0.5, 0.6) is 0 Å². The number of aromatic carboxylic acids is 1. The van der Waals surface area contributed by atoms with Crippen LogP contribution >= 0.6 is 11.6 Å². The lowest BCUT2D eigenvalue weighted by atomic mass is 10.1. The third-order valence-electron chi connectivity index (χ3n) is 3.74. The first kappa shape index (κ1) is 15.3. The van der Waals surface area contributed by atoms with Crippen molar-refractivity contribution in [1.29, 1.82) is 0 Å². The molecule has 0 aliphatic carbocycles. The van der Waals surface area contributed by atoms with Gasteiger partial charge in [0.25, 0.3) is 0 Å². The lowest BCUT2D eigenvalue weighted by Gasteiger charge is -2.12. The van der Waals surface area contributed by atoms with Crippen LogP contribution in [0.4, 0.5) is 0 Å². The molecule has 0 atom stereocenters. The van der Waals surface area contributed by atoms with E-state index >= 15 is 0 Å². The quantitative estimate of drug-likeness (QED) is 0.770. The van der Waals surface area contributed by atoms with Crippen LogP contribution in [0.1, 0.15) is 21.6 Å². The second kappa shape index (κ2) is 5.89. The lowest BCUT2D eigenvalue weighted by molar-refractivity contribution is 0.0691. The summed E-state index contributed by atoms with van der Waals surface area (Å²) in [6, 6.07) is 13.3. The van der Waals surface area contributed by atoms with Gasteiger partial charge in [0.15, 0.2) is 5.69 Å². The number of rotatable bonds is 3. The monoisotopic (exact) mass is 326 g/mol. The summed E-state index contributed by atoms with van der Waals surface area (Å²) in [5.74, 6) is -0.468. The van der Waals surface area contributed by atoms with E-state index < -0.39 is 5.97 Å². The van der Waals surface area contributed by atoms with E-state index in [2.05, 4.69) is 4.98 Å². The molecule has 0 saturated carbocycles. The Morgan fingerprint density at radius 1 is 1.13 bits per heavy atom. The maximum absolute atomic E-state index is 11.4. The zero-order valence-electron chi connectivity index (χ0n) is 12.7. The van der Waals surface area contributed by atoms with E-state index in [1.165, 1.54) is 6.20 Å². The molecular weight excluding hydrogens is 312 g/mol. The number of benzene rings is 2. The zero-order valence-corrected chi connectivity index (χ0v) is 13.5. The highest BCUT2D eigenvalue weighted by Crippen LogP contribution is 2.28. The fraction of sp³-hybridized carbons (Fsp3) is 0.111. The van der Waals surface area contributed by atoms with Crippen molar-refractivity contribution in [3.8, 4) is 17.1 Å². The SMILES string of the molecule is Cc1ccccc1-c1nc(C(=O)O)cn1-c1cc(Cl)ccc1C. The molecule has 3 aromatic rings. The van der Waals surface area contributed by atoms with Gasteiger partial charge in [-0.1, -0.05) is 41.9 Å². The summed E-state index contributed by atoms with van der Waals surface area (Å²) in [5.41, 5.74) is 3.72. The van der Waals surface area contributed by atoms with Gasteiger partial charge in [0, 0.05) is 16.8 Å². The summed E-state index contributed by atoms with van der Waals surface area (Å²) < 4.78 is 1.78. The minimum absolute atomic E-state index is 0.00243. The van der Waals surface area contributed by atoms with Crippen LogP contribution in [0.2, 0.25) is 5.02 Å². The number of aromatic nitrogens is 2. The van der Waals surface area contributed by atoms with Crippen LogP contribution < -0.4 is 0 Å². The van der Waals surface area contributed by atoms with Crippen molar-refractivity contribution in [1.82, 2.24) is 9.55 Å². The first-order valence-corrected chi connectivity index (χ1v) is 7.50. The van der Waals surface area contributed by atoms with Crippen LogP contribution in [-0.4, -0.2) is 20.6 Å². The summed E-state index contributed by atoms with van der Waals surface area (Å²) in [6.45, 7) is 3.92. The number of aryl methyl sites for hydroxylation is 2. The number of nitrogens with zero attached hydrogens (tertiary/aromatic N) is 2. The third kappa shape index (κ3) is 2.85. The Kier molecular flexibility index (Phi) is 3.92. The Morgan fingerprint density at radius 2 is 1.87 bits per heavy atom. The van der Waals surface area contributed by atoms with Gasteiger partial charge in [-0.3, -0.25) is 4.57 Å². The highest BCUT2D eigenvalue weighted by Gasteiger charge is 2.18. The minimum Gasteiger partial charge on any atom is -0.476 e. The Hall–Kier alpha value is -2.59. The van der Waals surface area contributed by atoms with E-state index in [0.29, 0.717) is 10.8 Å². The normalized spacial score (nSPS) is 10.7. The third-order valence-corrected chi connectivity index (χ3v) is 3.98. The number of carboxylic acid groups (broad SMARTS) is 1. The van der Waals surface area contributed by atoms with E-state index in [1.807, 2.05) is 56.3 Å². The fourth-order valence-corrected chi connectivity index (χ4v) is 2.69. The topological polar surface area (TPSA) is 55.1 Å². The molecule has 2 aromatic carbocycles. The molecule has 23 heavy (non-hydrogen) atoms. The highest BCUT2D eigenvalue weighted by molar-refractivity contribution is 6.30. The van der Waals surface area contributed by atoms with Crippen molar-refractivity contribution >= 4 is 17.6 Å². The molecule has 1 aromatic heterocycles. The molecule has 0 aliphatic rings. The van der Waals surface area contributed by atoms with Crippen molar-refractivity contribution < 1.29 is 9.90 Å². The molecule has 0 bridgehead atoms. The number of halogens is 1. The van der Waals surface area contributed by atoms with Gasteiger partial charge in [0.2, 0.25) is 0 Å². The second-order valence-electron chi connectivity index (χ2n) is 5.37. The van der Waals surface area contributed by atoms with Crippen LogP contribution in [0.3, 0.4) is 0 Å².